The first-order valence-electron chi connectivity index (χ1n) is 14.1. The Labute approximate surface area is 253 Å². The number of benzene rings is 4. The van der Waals surface area contributed by atoms with Crippen LogP contribution < -0.4 is 9.47 Å². The molecule has 218 valence electrons. The Bertz CT molecular complexity index is 1990. The third-order valence-electron chi connectivity index (χ3n) is 7.81. The number of carboxylic acid groups (broad SMARTS) is 1. The standard InChI is InChI=1S/C34H28N6O4/c1-43-27-9-3-21(4-10-27)19-39-35-18-31(36-39)23-7-13-29-25(15-23)17-26-16-24(8-14-30(26)29)32-33(34(41)42)38-40(37-32)20-22-5-11-28(44-2)12-6-22/h3-16,18H,17,19-20H2,1-2H3,(H,41,42). The number of aromatic nitrogens is 6. The summed E-state index contributed by atoms with van der Waals surface area (Å²) in [6.45, 7) is 0.903. The molecule has 2 heterocycles. The van der Waals surface area contributed by atoms with Crippen molar-refractivity contribution in [1.82, 2.24) is 30.0 Å². The zero-order valence-corrected chi connectivity index (χ0v) is 24.1. The predicted molar refractivity (Wildman–Crippen MR) is 164 cm³/mol. The van der Waals surface area contributed by atoms with Crippen molar-refractivity contribution in [2.45, 2.75) is 19.5 Å². The van der Waals surface area contributed by atoms with E-state index >= 15 is 0 Å². The summed E-state index contributed by atoms with van der Waals surface area (Å²) >= 11 is 0. The molecule has 0 saturated heterocycles. The molecule has 7 rings (SSSR count). The summed E-state index contributed by atoms with van der Waals surface area (Å²) in [4.78, 5) is 15.2. The monoisotopic (exact) mass is 584 g/mol. The van der Waals surface area contributed by atoms with Crippen molar-refractivity contribution >= 4 is 5.97 Å². The molecule has 2 aromatic heterocycles. The lowest BCUT2D eigenvalue weighted by atomic mass is 10.0. The van der Waals surface area contributed by atoms with Gasteiger partial charge in [0.1, 0.15) is 22.9 Å². The molecule has 0 bridgehead atoms. The van der Waals surface area contributed by atoms with E-state index in [0.717, 1.165) is 56.1 Å². The van der Waals surface area contributed by atoms with E-state index in [4.69, 9.17) is 14.6 Å². The third-order valence-corrected chi connectivity index (χ3v) is 7.81. The molecule has 0 fully saturated rings. The van der Waals surface area contributed by atoms with Gasteiger partial charge in [0.2, 0.25) is 0 Å². The number of hydrogen-bond acceptors (Lipinski definition) is 7. The van der Waals surface area contributed by atoms with Crippen molar-refractivity contribution in [3.8, 4) is 45.1 Å². The smallest absolute Gasteiger partial charge is 0.358 e. The fraction of sp³-hybridized carbons (Fsp3) is 0.147. The molecule has 4 aromatic carbocycles. The van der Waals surface area contributed by atoms with E-state index in [2.05, 4.69) is 33.5 Å². The van der Waals surface area contributed by atoms with Crippen LogP contribution in [0.3, 0.4) is 0 Å². The van der Waals surface area contributed by atoms with Gasteiger partial charge in [0.15, 0.2) is 5.69 Å². The first-order chi connectivity index (χ1) is 21.5. The number of carboxylic acids is 1. The Morgan fingerprint density at radius 1 is 0.727 bits per heavy atom. The third kappa shape index (κ3) is 5.17. The minimum Gasteiger partial charge on any atom is -0.497 e. The Balaban J connectivity index is 1.11. The number of nitrogens with zero attached hydrogens (tertiary/aromatic N) is 6. The molecule has 0 unspecified atom stereocenters. The van der Waals surface area contributed by atoms with E-state index in [1.807, 2.05) is 66.7 Å². The Kier molecular flexibility index (Phi) is 6.86. The van der Waals surface area contributed by atoms with Crippen LogP contribution in [-0.4, -0.2) is 55.3 Å². The second-order valence-electron chi connectivity index (χ2n) is 10.6. The van der Waals surface area contributed by atoms with E-state index in [-0.39, 0.29) is 5.69 Å². The number of aromatic carboxylic acids is 1. The van der Waals surface area contributed by atoms with Crippen molar-refractivity contribution in [3.05, 3.63) is 119 Å². The fourth-order valence-corrected chi connectivity index (χ4v) is 5.57. The molecule has 44 heavy (non-hydrogen) atoms. The maximum atomic E-state index is 12.1. The Morgan fingerprint density at radius 3 is 1.89 bits per heavy atom. The van der Waals surface area contributed by atoms with Gasteiger partial charge in [0.05, 0.1) is 33.5 Å². The molecule has 0 radical (unpaired) electrons. The van der Waals surface area contributed by atoms with Crippen LogP contribution >= 0.6 is 0 Å². The molecular weight excluding hydrogens is 556 g/mol. The van der Waals surface area contributed by atoms with Gasteiger partial charge in [-0.3, -0.25) is 0 Å². The molecule has 0 spiro atoms. The number of rotatable bonds is 9. The van der Waals surface area contributed by atoms with E-state index in [1.165, 1.54) is 10.4 Å². The van der Waals surface area contributed by atoms with Gasteiger partial charge in [0, 0.05) is 11.1 Å². The van der Waals surface area contributed by atoms with Crippen LogP contribution in [0.1, 0.15) is 32.7 Å². The summed E-state index contributed by atoms with van der Waals surface area (Å²) < 4.78 is 10.5. The van der Waals surface area contributed by atoms with Crippen molar-refractivity contribution in [1.29, 1.82) is 0 Å². The SMILES string of the molecule is COc1ccc(Cn2ncc(-c3ccc4c(c3)Cc3cc(-c5nn(Cc6ccc(OC)cc6)nc5C(=O)O)ccc3-4)n2)cc1. The van der Waals surface area contributed by atoms with Gasteiger partial charge in [0.25, 0.3) is 0 Å². The van der Waals surface area contributed by atoms with Crippen molar-refractivity contribution < 1.29 is 19.4 Å². The van der Waals surface area contributed by atoms with Crippen LogP contribution in [0.25, 0.3) is 33.6 Å². The lowest BCUT2D eigenvalue weighted by molar-refractivity contribution is 0.0690. The molecule has 0 amide bonds. The number of hydrogen-bond donors (Lipinski definition) is 1. The predicted octanol–water partition coefficient (Wildman–Crippen LogP) is 5.59. The molecule has 1 aliphatic rings. The molecule has 10 heteroatoms. The van der Waals surface area contributed by atoms with Crippen LogP contribution in [0.2, 0.25) is 0 Å². The van der Waals surface area contributed by atoms with Crippen molar-refractivity contribution in [2.24, 2.45) is 0 Å². The van der Waals surface area contributed by atoms with E-state index < -0.39 is 5.97 Å². The topological polar surface area (TPSA) is 117 Å². The van der Waals surface area contributed by atoms with Gasteiger partial charge in [-0.2, -0.15) is 24.9 Å². The zero-order chi connectivity index (χ0) is 30.2. The number of methoxy groups -OCH3 is 2. The minimum absolute atomic E-state index is 0.0750. The summed E-state index contributed by atoms with van der Waals surface area (Å²) in [5.41, 5.74) is 9.38. The number of fused-ring (bicyclic) bond motifs is 3. The van der Waals surface area contributed by atoms with Crippen LogP contribution in [0, 0.1) is 0 Å². The zero-order valence-electron chi connectivity index (χ0n) is 24.1. The summed E-state index contributed by atoms with van der Waals surface area (Å²) in [5, 5.41) is 28.0. The van der Waals surface area contributed by atoms with Crippen LogP contribution in [0.4, 0.5) is 0 Å². The largest absolute Gasteiger partial charge is 0.497 e. The van der Waals surface area contributed by atoms with E-state index in [1.54, 1.807) is 25.2 Å². The van der Waals surface area contributed by atoms with Gasteiger partial charge in [-0.15, -0.1) is 5.10 Å². The highest BCUT2D eigenvalue weighted by atomic mass is 16.5. The van der Waals surface area contributed by atoms with Crippen molar-refractivity contribution in [2.75, 3.05) is 14.2 Å². The van der Waals surface area contributed by atoms with E-state index in [9.17, 15) is 9.90 Å². The average molecular weight is 585 g/mol. The lowest BCUT2D eigenvalue weighted by Gasteiger charge is -2.05. The average Bonchev–Trinajstić information content (AvgIpc) is 3.78. The second-order valence-corrected chi connectivity index (χ2v) is 10.6. The van der Waals surface area contributed by atoms with Crippen LogP contribution in [0.15, 0.2) is 91.1 Å². The highest BCUT2D eigenvalue weighted by Crippen LogP contribution is 2.40. The fourth-order valence-electron chi connectivity index (χ4n) is 5.57. The van der Waals surface area contributed by atoms with Gasteiger partial charge in [-0.25, -0.2) is 4.79 Å². The Morgan fingerprint density at radius 2 is 1.30 bits per heavy atom. The summed E-state index contributed by atoms with van der Waals surface area (Å²) in [6, 6.07) is 27.7. The number of ether oxygens (including phenoxy) is 2. The second kappa shape index (κ2) is 11.1. The number of carbonyl (C=O) groups is 1. The van der Waals surface area contributed by atoms with Gasteiger partial charge >= 0.3 is 5.97 Å². The van der Waals surface area contributed by atoms with Crippen LogP contribution in [0.5, 0.6) is 11.5 Å². The molecule has 10 nitrogen and oxygen atoms in total. The summed E-state index contributed by atoms with van der Waals surface area (Å²) in [7, 11) is 3.26. The first kappa shape index (κ1) is 27.1. The lowest BCUT2D eigenvalue weighted by Crippen LogP contribution is -2.05. The molecule has 1 aliphatic carbocycles. The summed E-state index contributed by atoms with van der Waals surface area (Å²) in [5.74, 6) is 0.443. The van der Waals surface area contributed by atoms with Crippen molar-refractivity contribution in [3.63, 3.8) is 0 Å². The highest BCUT2D eigenvalue weighted by molar-refractivity contribution is 5.93. The molecule has 0 saturated carbocycles. The molecular formula is C34H28N6O4. The maximum absolute atomic E-state index is 12.1. The summed E-state index contributed by atoms with van der Waals surface area (Å²) in [6.07, 6.45) is 2.50. The van der Waals surface area contributed by atoms with Gasteiger partial charge in [-0.1, -0.05) is 48.5 Å². The highest BCUT2D eigenvalue weighted by Gasteiger charge is 2.24. The maximum Gasteiger partial charge on any atom is 0.358 e. The van der Waals surface area contributed by atoms with Gasteiger partial charge in [-0.05, 0) is 76.2 Å². The quantitative estimate of drug-likeness (QED) is 0.234. The molecule has 1 N–H and O–H groups in total. The normalized spacial score (nSPS) is 11.7. The Hall–Kier alpha value is -5.77. The first-order valence-corrected chi connectivity index (χ1v) is 14.1. The minimum atomic E-state index is -1.12. The molecule has 6 aromatic rings. The van der Waals surface area contributed by atoms with E-state index in [0.29, 0.717) is 25.2 Å². The molecule has 0 atom stereocenters. The van der Waals surface area contributed by atoms with Crippen LogP contribution in [-0.2, 0) is 19.5 Å². The van der Waals surface area contributed by atoms with Gasteiger partial charge < -0.3 is 14.6 Å². The molecule has 0 aliphatic heterocycles.